The highest BCUT2D eigenvalue weighted by Gasteiger charge is 2.30. The Kier molecular flexibility index (Phi) is 7.52. The number of alkyl halides is 3. The highest BCUT2D eigenvalue weighted by Crippen LogP contribution is 2.33. The molecule has 2 heterocycles. The van der Waals surface area contributed by atoms with Crippen LogP contribution in [0.4, 0.5) is 34.8 Å². The van der Waals surface area contributed by atoms with Gasteiger partial charge in [-0.05, 0) is 36.8 Å². The van der Waals surface area contributed by atoms with E-state index in [-0.39, 0.29) is 5.69 Å². The fraction of sp³-hybridized carbons (Fsp3) is 0.250. The number of pyridine rings is 2. The number of nitrogens with zero attached hydrogens (tertiary/aromatic N) is 3. The van der Waals surface area contributed by atoms with Crippen molar-refractivity contribution in [2.24, 2.45) is 0 Å². The standard InChI is InChI=1S/C24H25F4N5/c1-3-4-5-13-33(16(2)31-22-11-12-30-15-19(22)25)23-20(29)9-10-21(32-23)17-7-6-8-18(14-17)24(26,27)28/h6-12,14-15H,2-5,13,29H2,1H3,(H,30,31). The molecule has 0 saturated carbocycles. The largest absolute Gasteiger partial charge is 0.416 e. The van der Waals surface area contributed by atoms with Gasteiger partial charge in [0, 0.05) is 18.3 Å². The van der Waals surface area contributed by atoms with Crippen LogP contribution in [0.25, 0.3) is 11.3 Å². The van der Waals surface area contributed by atoms with Crippen molar-refractivity contribution >= 4 is 17.2 Å². The molecule has 0 radical (unpaired) electrons. The minimum Gasteiger partial charge on any atom is -0.396 e. The van der Waals surface area contributed by atoms with Crippen molar-refractivity contribution in [1.29, 1.82) is 0 Å². The second-order valence-electron chi connectivity index (χ2n) is 7.47. The molecule has 33 heavy (non-hydrogen) atoms. The second kappa shape index (κ2) is 10.3. The fourth-order valence-corrected chi connectivity index (χ4v) is 3.28. The summed E-state index contributed by atoms with van der Waals surface area (Å²) in [6.45, 7) is 6.56. The van der Waals surface area contributed by atoms with Crippen molar-refractivity contribution in [3.63, 3.8) is 0 Å². The Bertz CT molecular complexity index is 1110. The first-order valence-electron chi connectivity index (χ1n) is 10.5. The molecule has 0 atom stereocenters. The minimum absolute atomic E-state index is 0.183. The van der Waals surface area contributed by atoms with Gasteiger partial charge in [-0.1, -0.05) is 38.5 Å². The molecule has 0 saturated heterocycles. The molecule has 0 aliphatic heterocycles. The van der Waals surface area contributed by atoms with E-state index >= 15 is 0 Å². The maximum atomic E-state index is 14.1. The molecule has 0 fully saturated rings. The Morgan fingerprint density at radius 3 is 2.64 bits per heavy atom. The van der Waals surface area contributed by atoms with Crippen molar-refractivity contribution in [3.05, 3.63) is 78.6 Å². The van der Waals surface area contributed by atoms with Crippen LogP contribution < -0.4 is 16.0 Å². The first-order valence-corrected chi connectivity index (χ1v) is 10.5. The summed E-state index contributed by atoms with van der Waals surface area (Å²) in [5, 5.41) is 2.92. The van der Waals surface area contributed by atoms with Gasteiger partial charge < -0.3 is 16.0 Å². The lowest BCUT2D eigenvalue weighted by Gasteiger charge is -2.28. The van der Waals surface area contributed by atoms with E-state index < -0.39 is 17.6 Å². The number of unbranched alkanes of at least 4 members (excludes halogenated alkanes) is 2. The number of aromatic nitrogens is 2. The number of nitrogens with one attached hydrogen (secondary N) is 1. The third-order valence-corrected chi connectivity index (χ3v) is 5.01. The van der Waals surface area contributed by atoms with Crippen molar-refractivity contribution in [2.75, 3.05) is 22.5 Å². The van der Waals surface area contributed by atoms with Gasteiger partial charge in [-0.3, -0.25) is 4.98 Å². The van der Waals surface area contributed by atoms with E-state index in [0.717, 1.165) is 37.6 Å². The summed E-state index contributed by atoms with van der Waals surface area (Å²) in [4.78, 5) is 10.00. The number of halogens is 4. The average Bonchev–Trinajstić information content (AvgIpc) is 2.78. The SMILES string of the molecule is C=C(Nc1ccncc1F)N(CCCCC)c1nc(-c2cccc(C(F)(F)F)c2)ccc1N. The monoisotopic (exact) mass is 459 g/mol. The van der Waals surface area contributed by atoms with E-state index in [4.69, 9.17) is 5.73 Å². The fourth-order valence-electron chi connectivity index (χ4n) is 3.28. The number of hydrogen-bond acceptors (Lipinski definition) is 5. The van der Waals surface area contributed by atoms with E-state index in [1.54, 1.807) is 23.1 Å². The topological polar surface area (TPSA) is 67.1 Å². The van der Waals surface area contributed by atoms with Gasteiger partial charge in [0.25, 0.3) is 0 Å². The average molecular weight is 459 g/mol. The lowest BCUT2D eigenvalue weighted by atomic mass is 10.1. The number of nitrogens with two attached hydrogens (primary N) is 1. The molecule has 0 aliphatic rings. The van der Waals surface area contributed by atoms with Gasteiger partial charge in [-0.2, -0.15) is 13.2 Å². The molecule has 0 bridgehead atoms. The molecule has 5 nitrogen and oxygen atoms in total. The molecular formula is C24H25F4N5. The molecule has 3 rings (SSSR count). The van der Waals surface area contributed by atoms with Crippen LogP contribution >= 0.6 is 0 Å². The summed E-state index contributed by atoms with van der Waals surface area (Å²) in [6, 6.07) is 9.57. The summed E-state index contributed by atoms with van der Waals surface area (Å²) in [5.41, 5.74) is 6.57. The number of anilines is 3. The lowest BCUT2D eigenvalue weighted by molar-refractivity contribution is -0.137. The van der Waals surface area contributed by atoms with Gasteiger partial charge in [-0.25, -0.2) is 9.37 Å². The summed E-state index contributed by atoms with van der Waals surface area (Å²) in [6.07, 6.45) is 0.746. The maximum absolute atomic E-state index is 14.1. The van der Waals surface area contributed by atoms with Gasteiger partial charge in [0.2, 0.25) is 0 Å². The highest BCUT2D eigenvalue weighted by atomic mass is 19.4. The summed E-state index contributed by atoms with van der Waals surface area (Å²) in [7, 11) is 0. The van der Waals surface area contributed by atoms with Crippen LogP contribution in [0.1, 0.15) is 31.7 Å². The molecule has 1 aromatic carbocycles. The Balaban J connectivity index is 1.98. The normalized spacial score (nSPS) is 11.3. The van der Waals surface area contributed by atoms with Gasteiger partial charge in [0.1, 0.15) is 5.82 Å². The number of benzene rings is 1. The lowest BCUT2D eigenvalue weighted by Crippen LogP contribution is -2.29. The van der Waals surface area contributed by atoms with Crippen molar-refractivity contribution in [3.8, 4) is 11.3 Å². The van der Waals surface area contributed by atoms with Crippen LogP contribution in [0.5, 0.6) is 0 Å². The molecule has 2 aromatic heterocycles. The molecule has 9 heteroatoms. The number of hydrogen-bond donors (Lipinski definition) is 2. The predicted octanol–water partition coefficient (Wildman–Crippen LogP) is 6.46. The second-order valence-corrected chi connectivity index (χ2v) is 7.47. The number of rotatable bonds is 9. The molecule has 3 aromatic rings. The zero-order valence-electron chi connectivity index (χ0n) is 18.2. The summed E-state index contributed by atoms with van der Waals surface area (Å²) < 4.78 is 53.6. The van der Waals surface area contributed by atoms with Crippen LogP contribution in [-0.4, -0.2) is 16.5 Å². The van der Waals surface area contributed by atoms with Gasteiger partial charge in [0.15, 0.2) is 11.6 Å². The predicted molar refractivity (Wildman–Crippen MR) is 123 cm³/mol. The van der Waals surface area contributed by atoms with E-state index in [1.807, 2.05) is 0 Å². The van der Waals surface area contributed by atoms with Gasteiger partial charge in [0.05, 0.1) is 28.8 Å². The van der Waals surface area contributed by atoms with Crippen LogP contribution in [0.15, 0.2) is 67.3 Å². The van der Waals surface area contributed by atoms with Gasteiger partial charge >= 0.3 is 6.18 Å². The minimum atomic E-state index is -4.47. The summed E-state index contributed by atoms with van der Waals surface area (Å²) in [5.74, 6) is 0.107. The van der Waals surface area contributed by atoms with Crippen LogP contribution in [0.3, 0.4) is 0 Å². The van der Waals surface area contributed by atoms with Crippen LogP contribution in [0.2, 0.25) is 0 Å². The van der Waals surface area contributed by atoms with E-state index in [9.17, 15) is 17.6 Å². The molecular weight excluding hydrogens is 434 g/mol. The number of nitrogen functional groups attached to an aromatic ring is 1. The zero-order chi connectivity index (χ0) is 24.0. The first-order chi connectivity index (χ1) is 15.7. The van der Waals surface area contributed by atoms with Crippen molar-refractivity contribution in [2.45, 2.75) is 32.4 Å². The van der Waals surface area contributed by atoms with E-state index in [2.05, 4.69) is 28.8 Å². The Hall–Kier alpha value is -3.62. The van der Waals surface area contributed by atoms with E-state index in [0.29, 0.717) is 35.1 Å². The molecule has 174 valence electrons. The summed E-state index contributed by atoms with van der Waals surface area (Å²) >= 11 is 0. The zero-order valence-corrected chi connectivity index (χ0v) is 18.2. The molecule has 0 unspecified atom stereocenters. The molecule has 0 aliphatic carbocycles. The third-order valence-electron chi connectivity index (χ3n) is 5.01. The molecule has 0 amide bonds. The Morgan fingerprint density at radius 1 is 1.15 bits per heavy atom. The Morgan fingerprint density at radius 2 is 1.94 bits per heavy atom. The highest BCUT2D eigenvalue weighted by molar-refractivity contribution is 5.72. The first kappa shape index (κ1) is 24.0. The van der Waals surface area contributed by atoms with E-state index in [1.165, 1.54) is 18.3 Å². The molecule has 0 spiro atoms. The van der Waals surface area contributed by atoms with Crippen molar-refractivity contribution < 1.29 is 17.6 Å². The quantitative estimate of drug-likeness (QED) is 0.284. The van der Waals surface area contributed by atoms with Crippen LogP contribution in [0, 0.1) is 5.82 Å². The maximum Gasteiger partial charge on any atom is 0.416 e. The Labute approximate surface area is 190 Å². The van der Waals surface area contributed by atoms with Gasteiger partial charge in [-0.15, -0.1) is 0 Å². The smallest absolute Gasteiger partial charge is 0.396 e. The van der Waals surface area contributed by atoms with Crippen molar-refractivity contribution in [1.82, 2.24) is 9.97 Å². The third kappa shape index (κ3) is 6.00. The van der Waals surface area contributed by atoms with Crippen LogP contribution in [-0.2, 0) is 6.18 Å². The molecule has 3 N–H and O–H groups in total.